The Kier molecular flexibility index (Phi) is 1.51. The van der Waals surface area contributed by atoms with Crippen LogP contribution in [0, 0.1) is 6.42 Å². The second-order valence-corrected chi connectivity index (χ2v) is 1.42. The fourth-order valence-electron chi connectivity index (χ4n) is 0.553. The van der Waals surface area contributed by atoms with Crippen molar-refractivity contribution >= 4 is 0 Å². The zero-order valence-corrected chi connectivity index (χ0v) is 3.78. The Morgan fingerprint density at radius 2 is 1.83 bits per heavy atom. The van der Waals surface area contributed by atoms with E-state index in [1.165, 1.54) is 0 Å². The first-order valence-electron chi connectivity index (χ1n) is 2.34. The van der Waals surface area contributed by atoms with Crippen molar-refractivity contribution in [2.75, 3.05) is 13.1 Å². The van der Waals surface area contributed by atoms with E-state index in [4.69, 9.17) is 0 Å². The maximum Gasteiger partial charge on any atom is 0.0139 e. The van der Waals surface area contributed by atoms with Gasteiger partial charge in [0, 0.05) is 13.1 Å². The average molecular weight is 82.1 g/mol. The second kappa shape index (κ2) is 2.19. The summed E-state index contributed by atoms with van der Waals surface area (Å²) < 4.78 is 0. The summed E-state index contributed by atoms with van der Waals surface area (Å²) in [7, 11) is 0. The summed E-state index contributed by atoms with van der Waals surface area (Å²) in [6, 6.07) is 0. The minimum Gasteiger partial charge on any atom is -0.242 e. The Balaban J connectivity index is 2.00. The molecule has 1 heteroatoms. The van der Waals surface area contributed by atoms with Crippen LogP contribution in [0.4, 0.5) is 0 Å². The van der Waals surface area contributed by atoms with Gasteiger partial charge in [-0.2, -0.15) is 0 Å². The van der Waals surface area contributed by atoms with E-state index in [-0.39, 0.29) is 0 Å². The molecule has 0 bridgehead atoms. The van der Waals surface area contributed by atoms with E-state index in [2.05, 4.69) is 11.7 Å². The topological polar surface area (TPSA) is 14.1 Å². The lowest BCUT2D eigenvalue weighted by Gasteiger charge is -2.05. The Bertz CT molecular complexity index is 19.4. The van der Waals surface area contributed by atoms with Crippen molar-refractivity contribution in [1.29, 1.82) is 0 Å². The Hall–Kier alpha value is -0.0400. The van der Waals surface area contributed by atoms with Gasteiger partial charge in [0.1, 0.15) is 0 Å². The minimum absolute atomic E-state index is 1.01. The standard InChI is InChI=1S/C5H8N/c1-2-4-6-5-3-1/h2-5H2. The quantitative estimate of drug-likeness (QED) is 0.403. The summed E-state index contributed by atoms with van der Waals surface area (Å²) in [6.07, 6.45) is 5.36. The number of rotatable bonds is 0. The third-order valence-corrected chi connectivity index (χ3v) is 0.893. The van der Waals surface area contributed by atoms with E-state index in [1.807, 2.05) is 0 Å². The second-order valence-electron chi connectivity index (χ2n) is 1.42. The first-order valence-corrected chi connectivity index (χ1v) is 2.34. The largest absolute Gasteiger partial charge is 0.242 e. The van der Waals surface area contributed by atoms with E-state index in [1.54, 1.807) is 0 Å². The molecule has 1 nitrogen and oxygen atoms in total. The van der Waals surface area contributed by atoms with Crippen LogP contribution in [0.2, 0.25) is 0 Å². The number of nitrogens with zero attached hydrogens (tertiary/aromatic N) is 1. The van der Waals surface area contributed by atoms with Crippen LogP contribution in [0.5, 0.6) is 0 Å². The minimum atomic E-state index is 1.01. The molecular formula is C5H8N. The lowest BCUT2D eigenvalue weighted by molar-refractivity contribution is 0.593. The summed E-state index contributed by atoms with van der Waals surface area (Å²) >= 11 is 0. The molecule has 0 atom stereocenters. The van der Waals surface area contributed by atoms with Crippen molar-refractivity contribution in [2.45, 2.75) is 12.8 Å². The van der Waals surface area contributed by atoms with Gasteiger partial charge < -0.3 is 0 Å². The van der Waals surface area contributed by atoms with Crippen molar-refractivity contribution < 1.29 is 0 Å². The van der Waals surface area contributed by atoms with Gasteiger partial charge in [0.15, 0.2) is 0 Å². The molecule has 3 radical (unpaired) electrons. The van der Waals surface area contributed by atoms with Gasteiger partial charge >= 0.3 is 0 Å². The van der Waals surface area contributed by atoms with Crippen LogP contribution in [0.15, 0.2) is 0 Å². The van der Waals surface area contributed by atoms with Crippen molar-refractivity contribution in [2.24, 2.45) is 0 Å². The first kappa shape index (κ1) is 4.13. The molecule has 0 N–H and O–H groups in total. The molecular weight excluding hydrogens is 74.1 g/mol. The molecule has 6 heavy (non-hydrogen) atoms. The molecule has 1 heterocycles. The van der Waals surface area contributed by atoms with Gasteiger partial charge in [-0.15, -0.1) is 0 Å². The smallest absolute Gasteiger partial charge is 0.0139 e. The molecule has 0 unspecified atom stereocenters. The summed E-state index contributed by atoms with van der Waals surface area (Å²) in [5.41, 5.74) is 0. The van der Waals surface area contributed by atoms with E-state index in [0.29, 0.717) is 0 Å². The van der Waals surface area contributed by atoms with Crippen LogP contribution in [-0.4, -0.2) is 13.1 Å². The van der Waals surface area contributed by atoms with E-state index in [9.17, 15) is 0 Å². The van der Waals surface area contributed by atoms with Crippen LogP contribution in [0.3, 0.4) is 0 Å². The molecule has 0 aromatic carbocycles. The molecule has 1 aliphatic heterocycles. The maximum atomic E-state index is 4.11. The molecule has 0 aromatic rings. The highest BCUT2D eigenvalue weighted by molar-refractivity contribution is 4.71. The number of hydrogen-bond acceptors (Lipinski definition) is 0. The fraction of sp³-hybridized carbons (Fsp3) is 0.800. The third kappa shape index (κ3) is 0.977. The number of hydrogen-bond donors (Lipinski definition) is 0. The zero-order chi connectivity index (χ0) is 4.24. The van der Waals surface area contributed by atoms with Crippen molar-refractivity contribution in [3.8, 4) is 0 Å². The van der Waals surface area contributed by atoms with Crippen molar-refractivity contribution in [3.63, 3.8) is 0 Å². The molecule has 0 spiro atoms. The molecule has 0 saturated carbocycles. The molecule has 33 valence electrons. The van der Waals surface area contributed by atoms with Gasteiger partial charge in [0.2, 0.25) is 0 Å². The van der Waals surface area contributed by atoms with Crippen molar-refractivity contribution in [3.05, 3.63) is 6.42 Å². The summed E-state index contributed by atoms with van der Waals surface area (Å²) in [5.74, 6) is 0. The van der Waals surface area contributed by atoms with Crippen molar-refractivity contribution in [1.82, 2.24) is 5.32 Å². The number of piperidine rings is 1. The highest BCUT2D eigenvalue weighted by atomic mass is 14.9. The van der Waals surface area contributed by atoms with Crippen LogP contribution in [0.1, 0.15) is 12.8 Å². The van der Waals surface area contributed by atoms with E-state index in [0.717, 1.165) is 25.9 Å². The van der Waals surface area contributed by atoms with Crippen LogP contribution in [-0.2, 0) is 0 Å². The van der Waals surface area contributed by atoms with Gasteiger partial charge in [0.25, 0.3) is 0 Å². The summed E-state index contributed by atoms with van der Waals surface area (Å²) in [5, 5.41) is 4.11. The normalized spacial score (nSPS) is 24.0. The monoisotopic (exact) mass is 82.1 g/mol. The van der Waals surface area contributed by atoms with Gasteiger partial charge in [-0.3, -0.25) is 0 Å². The fourth-order valence-corrected chi connectivity index (χ4v) is 0.553. The predicted molar refractivity (Wildman–Crippen MR) is 24.3 cm³/mol. The summed E-state index contributed by atoms with van der Waals surface area (Å²) in [6.45, 7) is 2.03. The zero-order valence-electron chi connectivity index (χ0n) is 3.78. The Morgan fingerprint density at radius 1 is 1.17 bits per heavy atom. The van der Waals surface area contributed by atoms with Gasteiger partial charge in [-0.1, -0.05) is 0 Å². The highest BCUT2D eigenvalue weighted by Crippen LogP contribution is 1.96. The first-order chi connectivity index (χ1) is 3.00. The Morgan fingerprint density at radius 3 is 2.00 bits per heavy atom. The third-order valence-electron chi connectivity index (χ3n) is 0.893. The molecule has 0 aromatic heterocycles. The van der Waals surface area contributed by atoms with Crippen LogP contribution < -0.4 is 5.32 Å². The Labute approximate surface area is 38.7 Å². The van der Waals surface area contributed by atoms with Gasteiger partial charge in [-0.05, 0) is 19.3 Å². The molecule has 1 aliphatic rings. The maximum absolute atomic E-state index is 4.11. The van der Waals surface area contributed by atoms with Crippen LogP contribution in [0.25, 0.3) is 0 Å². The molecule has 0 amide bonds. The average Bonchev–Trinajstić information content (AvgIpc) is 1.72. The summed E-state index contributed by atoms with van der Waals surface area (Å²) in [4.78, 5) is 0. The lowest BCUT2D eigenvalue weighted by atomic mass is 10.2. The predicted octanol–water partition coefficient (Wildman–Crippen LogP) is 0.466. The SMILES string of the molecule is [C]1CC[N]CC1. The highest BCUT2D eigenvalue weighted by Gasteiger charge is 1.96. The molecule has 1 rings (SSSR count). The van der Waals surface area contributed by atoms with Gasteiger partial charge in [-0.25, -0.2) is 5.32 Å². The molecule has 1 fully saturated rings. The van der Waals surface area contributed by atoms with E-state index < -0.39 is 0 Å². The van der Waals surface area contributed by atoms with E-state index >= 15 is 0 Å². The molecule has 1 saturated heterocycles. The van der Waals surface area contributed by atoms with Crippen LogP contribution >= 0.6 is 0 Å². The lowest BCUT2D eigenvalue weighted by Crippen LogP contribution is -2.14. The molecule has 0 aliphatic carbocycles. The van der Waals surface area contributed by atoms with Gasteiger partial charge in [0.05, 0.1) is 0 Å².